The highest BCUT2D eigenvalue weighted by atomic mass is 35.5. The number of fused-ring (bicyclic) bond motifs is 2. The first-order valence-electron chi connectivity index (χ1n) is 7.75. The lowest BCUT2D eigenvalue weighted by atomic mass is 9.93. The number of rotatable bonds is 3. The van der Waals surface area contributed by atoms with E-state index in [1.807, 2.05) is 0 Å². The topological polar surface area (TPSA) is 85.6 Å². The van der Waals surface area contributed by atoms with Gasteiger partial charge in [0, 0.05) is 30.6 Å². The first-order chi connectivity index (χ1) is 12.5. The summed E-state index contributed by atoms with van der Waals surface area (Å²) in [5.74, 6) is -1.08. The number of imidazole rings is 1. The summed E-state index contributed by atoms with van der Waals surface area (Å²) in [4.78, 5) is 32.7. The zero-order valence-electron chi connectivity index (χ0n) is 13.3. The van der Waals surface area contributed by atoms with Crippen LogP contribution in [0.25, 0.3) is 5.65 Å². The molecule has 1 N–H and O–H groups in total. The Morgan fingerprint density at radius 2 is 2.23 bits per heavy atom. The van der Waals surface area contributed by atoms with Crippen LogP contribution in [0.3, 0.4) is 0 Å². The summed E-state index contributed by atoms with van der Waals surface area (Å²) in [6.07, 6.45) is 4.92. The standard InChI is InChI=1S/C17H12Cl2N4O3/c18-9-4-13(19)16-21-10(7-23(16)6-9)8-26-17(25)12-5-14(24)22-15-11(12)2-1-3-20-15/h1-4,6-7,12H,5,8H2,(H,20,22,24). The molecule has 4 heterocycles. The number of aromatic nitrogens is 3. The van der Waals surface area contributed by atoms with E-state index in [9.17, 15) is 9.59 Å². The number of pyridine rings is 2. The first kappa shape index (κ1) is 16.8. The van der Waals surface area contributed by atoms with E-state index in [1.54, 1.807) is 41.2 Å². The summed E-state index contributed by atoms with van der Waals surface area (Å²) < 4.78 is 7.04. The lowest BCUT2D eigenvalue weighted by Gasteiger charge is -2.22. The predicted molar refractivity (Wildman–Crippen MR) is 95.2 cm³/mol. The quantitative estimate of drug-likeness (QED) is 0.693. The van der Waals surface area contributed by atoms with Gasteiger partial charge in [-0.15, -0.1) is 0 Å². The molecule has 1 aliphatic rings. The van der Waals surface area contributed by atoms with Crippen molar-refractivity contribution in [1.82, 2.24) is 14.4 Å². The van der Waals surface area contributed by atoms with Crippen LogP contribution in [0.15, 0.2) is 36.8 Å². The zero-order chi connectivity index (χ0) is 18.3. The van der Waals surface area contributed by atoms with Crippen molar-refractivity contribution < 1.29 is 14.3 Å². The molecular formula is C17H12Cl2N4O3. The van der Waals surface area contributed by atoms with Crippen LogP contribution in [0.2, 0.25) is 10.0 Å². The molecule has 26 heavy (non-hydrogen) atoms. The molecule has 7 nitrogen and oxygen atoms in total. The second-order valence-corrected chi connectivity index (χ2v) is 6.67. The second kappa shape index (κ2) is 6.59. The summed E-state index contributed by atoms with van der Waals surface area (Å²) in [6.45, 7) is -0.0395. The summed E-state index contributed by atoms with van der Waals surface area (Å²) in [5, 5.41) is 3.52. The number of esters is 1. The average molecular weight is 391 g/mol. The van der Waals surface area contributed by atoms with E-state index in [4.69, 9.17) is 27.9 Å². The van der Waals surface area contributed by atoms with Crippen LogP contribution in [-0.4, -0.2) is 26.2 Å². The fourth-order valence-corrected chi connectivity index (χ4v) is 3.41. The molecule has 1 aliphatic heterocycles. The minimum Gasteiger partial charge on any atom is -0.459 e. The molecule has 0 fully saturated rings. The monoisotopic (exact) mass is 390 g/mol. The Balaban J connectivity index is 1.53. The van der Waals surface area contributed by atoms with Crippen LogP contribution in [0.1, 0.15) is 23.6 Å². The Morgan fingerprint density at radius 3 is 3.08 bits per heavy atom. The van der Waals surface area contributed by atoms with E-state index in [0.717, 1.165) is 0 Å². The maximum atomic E-state index is 12.5. The van der Waals surface area contributed by atoms with E-state index in [2.05, 4.69) is 15.3 Å². The lowest BCUT2D eigenvalue weighted by molar-refractivity contribution is -0.148. The van der Waals surface area contributed by atoms with Gasteiger partial charge in [0.05, 0.1) is 21.7 Å². The molecular weight excluding hydrogens is 379 g/mol. The van der Waals surface area contributed by atoms with Crippen molar-refractivity contribution in [2.75, 3.05) is 5.32 Å². The molecule has 0 bridgehead atoms. The molecule has 0 saturated heterocycles. The Hall–Kier alpha value is -2.64. The average Bonchev–Trinajstić information content (AvgIpc) is 3.02. The molecule has 9 heteroatoms. The van der Waals surface area contributed by atoms with E-state index < -0.39 is 11.9 Å². The van der Waals surface area contributed by atoms with Crippen molar-refractivity contribution in [2.45, 2.75) is 18.9 Å². The van der Waals surface area contributed by atoms with Crippen LogP contribution < -0.4 is 5.32 Å². The van der Waals surface area contributed by atoms with Gasteiger partial charge in [0.25, 0.3) is 0 Å². The van der Waals surface area contributed by atoms with Gasteiger partial charge in [-0.2, -0.15) is 0 Å². The van der Waals surface area contributed by atoms with Gasteiger partial charge in [0.15, 0.2) is 5.65 Å². The molecule has 1 amide bonds. The number of carbonyl (C=O) groups is 2. The number of amides is 1. The van der Waals surface area contributed by atoms with Crippen molar-refractivity contribution >= 4 is 46.5 Å². The number of carbonyl (C=O) groups excluding carboxylic acids is 2. The van der Waals surface area contributed by atoms with Gasteiger partial charge in [0.1, 0.15) is 12.4 Å². The van der Waals surface area contributed by atoms with Crippen molar-refractivity contribution in [2.24, 2.45) is 0 Å². The number of anilines is 1. The van der Waals surface area contributed by atoms with Crippen molar-refractivity contribution in [3.63, 3.8) is 0 Å². The highest BCUT2D eigenvalue weighted by Gasteiger charge is 2.32. The summed E-state index contributed by atoms with van der Waals surface area (Å²) in [6, 6.07) is 5.05. The lowest BCUT2D eigenvalue weighted by Crippen LogP contribution is -2.29. The Morgan fingerprint density at radius 1 is 1.38 bits per heavy atom. The molecule has 0 radical (unpaired) electrons. The molecule has 0 aromatic carbocycles. The maximum absolute atomic E-state index is 12.5. The van der Waals surface area contributed by atoms with Gasteiger partial charge >= 0.3 is 5.97 Å². The second-order valence-electron chi connectivity index (χ2n) is 5.82. The van der Waals surface area contributed by atoms with Crippen LogP contribution in [0.4, 0.5) is 5.82 Å². The van der Waals surface area contributed by atoms with E-state index in [0.29, 0.717) is 32.8 Å². The van der Waals surface area contributed by atoms with Gasteiger partial charge in [0.2, 0.25) is 5.91 Å². The minimum absolute atomic E-state index is 0.0180. The van der Waals surface area contributed by atoms with Crippen molar-refractivity contribution in [3.8, 4) is 0 Å². The first-order valence-corrected chi connectivity index (χ1v) is 8.51. The summed E-state index contributed by atoms with van der Waals surface area (Å²) in [5.41, 5.74) is 1.69. The van der Waals surface area contributed by atoms with Crippen LogP contribution in [0, 0.1) is 0 Å². The van der Waals surface area contributed by atoms with Crippen LogP contribution in [-0.2, 0) is 20.9 Å². The zero-order valence-corrected chi connectivity index (χ0v) is 14.8. The Kier molecular flexibility index (Phi) is 4.26. The number of nitrogens with zero attached hydrogens (tertiary/aromatic N) is 3. The SMILES string of the molecule is O=C1CC(C(=O)OCc2cn3cc(Cl)cc(Cl)c3n2)c2cccnc2N1. The number of nitrogens with one attached hydrogen (secondary N) is 1. The summed E-state index contributed by atoms with van der Waals surface area (Å²) in [7, 11) is 0. The molecule has 0 spiro atoms. The molecule has 1 atom stereocenters. The Bertz CT molecular complexity index is 1030. The molecule has 0 saturated carbocycles. The summed E-state index contributed by atoms with van der Waals surface area (Å²) >= 11 is 12.1. The molecule has 3 aromatic rings. The van der Waals surface area contributed by atoms with Gasteiger partial charge in [-0.3, -0.25) is 9.59 Å². The minimum atomic E-state index is -0.692. The third kappa shape index (κ3) is 3.11. The fourth-order valence-electron chi connectivity index (χ4n) is 2.88. The highest BCUT2D eigenvalue weighted by molar-refractivity contribution is 6.36. The number of hydrogen-bond acceptors (Lipinski definition) is 5. The van der Waals surface area contributed by atoms with Crippen molar-refractivity contribution in [1.29, 1.82) is 0 Å². The molecule has 1 unspecified atom stereocenters. The van der Waals surface area contributed by atoms with Gasteiger partial charge in [-0.05, 0) is 12.1 Å². The smallest absolute Gasteiger partial charge is 0.314 e. The fraction of sp³-hybridized carbons (Fsp3) is 0.176. The van der Waals surface area contributed by atoms with Gasteiger partial charge in [-0.25, -0.2) is 9.97 Å². The van der Waals surface area contributed by atoms with Gasteiger partial charge in [-0.1, -0.05) is 29.3 Å². The molecule has 132 valence electrons. The van der Waals surface area contributed by atoms with Crippen LogP contribution >= 0.6 is 23.2 Å². The Labute approximate surface area is 157 Å². The molecule has 3 aromatic heterocycles. The number of hydrogen-bond donors (Lipinski definition) is 1. The third-order valence-electron chi connectivity index (χ3n) is 4.03. The normalized spacial score (nSPS) is 16.2. The van der Waals surface area contributed by atoms with Gasteiger partial charge < -0.3 is 14.5 Å². The number of halogens is 2. The largest absolute Gasteiger partial charge is 0.459 e. The molecule has 0 aliphatic carbocycles. The van der Waals surface area contributed by atoms with E-state index >= 15 is 0 Å². The maximum Gasteiger partial charge on any atom is 0.314 e. The van der Waals surface area contributed by atoms with E-state index in [1.165, 1.54) is 0 Å². The van der Waals surface area contributed by atoms with E-state index in [-0.39, 0.29) is 18.9 Å². The predicted octanol–water partition coefficient (Wildman–Crippen LogP) is 3.21. The van der Waals surface area contributed by atoms with Crippen LogP contribution in [0.5, 0.6) is 0 Å². The number of ether oxygens (including phenoxy) is 1. The third-order valence-corrected chi connectivity index (χ3v) is 4.52. The van der Waals surface area contributed by atoms with Crippen molar-refractivity contribution in [3.05, 3.63) is 58.1 Å². The highest BCUT2D eigenvalue weighted by Crippen LogP contribution is 2.31. The molecule has 4 rings (SSSR count).